The lowest BCUT2D eigenvalue weighted by atomic mass is 11.5. The molecule has 0 aromatic carbocycles. The molecule has 0 aliphatic carbocycles. The van der Waals surface area contributed by atoms with Gasteiger partial charge in [-0.25, -0.2) is 0 Å². The summed E-state index contributed by atoms with van der Waals surface area (Å²) in [7, 11) is 1.14. The van der Waals surface area contributed by atoms with Crippen molar-refractivity contribution in [1.82, 2.24) is 4.72 Å². The minimum atomic E-state index is 0.454. The van der Waals surface area contributed by atoms with Gasteiger partial charge in [-0.1, -0.05) is 23.9 Å². The predicted molar refractivity (Wildman–Crippen MR) is 41.3 cm³/mol. The molecular weight excluding hydrogens is 154 g/mol. The fourth-order valence-corrected chi connectivity index (χ4v) is 1.05. The summed E-state index contributed by atoms with van der Waals surface area (Å²) >= 11 is 11.9. The molecule has 0 bridgehead atoms. The summed E-state index contributed by atoms with van der Waals surface area (Å²) in [6.45, 7) is 0. The molecule has 0 aliphatic heterocycles. The van der Waals surface area contributed by atoms with Gasteiger partial charge >= 0.3 is 0 Å². The third-order valence-electron chi connectivity index (χ3n) is 0.133. The Bertz CT molecular complexity index is 51.5. The van der Waals surface area contributed by atoms with Gasteiger partial charge in [-0.15, -0.1) is 12.6 Å². The predicted octanol–water partition coefficient (Wildman–Crippen LogP) is 1.28. The average molecular weight is 157 g/mol. The van der Waals surface area contributed by atoms with Gasteiger partial charge in [0.15, 0.2) is 0 Å². The van der Waals surface area contributed by atoms with Crippen molar-refractivity contribution in [3.63, 3.8) is 0 Å². The third-order valence-corrected chi connectivity index (χ3v) is 1.20. The van der Waals surface area contributed by atoms with Crippen LogP contribution < -0.4 is 4.72 Å². The Morgan fingerprint density at radius 1 is 1.83 bits per heavy atom. The van der Waals surface area contributed by atoms with Crippen molar-refractivity contribution in [2.45, 2.75) is 0 Å². The van der Waals surface area contributed by atoms with Gasteiger partial charge in [0.1, 0.15) is 4.32 Å². The van der Waals surface area contributed by atoms with Gasteiger partial charge < -0.3 is 4.72 Å². The van der Waals surface area contributed by atoms with Crippen molar-refractivity contribution in [1.29, 1.82) is 0 Å². The van der Waals surface area contributed by atoms with E-state index < -0.39 is 0 Å². The van der Waals surface area contributed by atoms with Gasteiger partial charge in [0.25, 0.3) is 0 Å². The molecule has 0 unspecified atom stereocenters. The first-order chi connectivity index (χ1) is 2.77. The van der Waals surface area contributed by atoms with Crippen LogP contribution in [-0.2, 0) is 0 Å². The van der Waals surface area contributed by atoms with Crippen molar-refractivity contribution >= 4 is 51.8 Å². The number of nitrogens with one attached hydrogen (secondary N) is 1. The van der Waals surface area contributed by atoms with E-state index in [1.165, 1.54) is 0 Å². The number of hydrogen-bond donors (Lipinski definition) is 3. The summed E-state index contributed by atoms with van der Waals surface area (Å²) in [5, 5.41) is 0. The van der Waals surface area contributed by atoms with Crippen LogP contribution in [0.3, 0.4) is 0 Å². The molecule has 0 aliphatic rings. The van der Waals surface area contributed by atoms with Gasteiger partial charge in [0.05, 0.1) is 0 Å². The lowest BCUT2D eigenvalue weighted by Crippen LogP contribution is -2.01. The first-order valence-corrected chi connectivity index (χ1v) is 3.79. The van der Waals surface area contributed by atoms with E-state index in [0.717, 1.165) is 11.0 Å². The van der Waals surface area contributed by atoms with Gasteiger partial charge in [-0.05, 0) is 0 Å². The molecule has 0 saturated carbocycles. The molecular formula is CH3NS4. The number of thiocarbonyl (C=S) groups is 1. The second-order valence-electron chi connectivity index (χ2n) is 0.499. The van der Waals surface area contributed by atoms with Gasteiger partial charge in [0.2, 0.25) is 0 Å². The zero-order valence-electron chi connectivity index (χ0n) is 2.71. The smallest absolute Gasteiger partial charge is 0.141 e. The molecule has 1 nitrogen and oxygen atoms in total. The molecule has 0 rings (SSSR count). The summed E-state index contributed by atoms with van der Waals surface area (Å²) < 4.78 is 3.04. The zero-order chi connectivity index (χ0) is 4.99. The molecule has 0 atom stereocenters. The van der Waals surface area contributed by atoms with E-state index in [0.29, 0.717) is 4.32 Å². The van der Waals surface area contributed by atoms with Crippen molar-refractivity contribution in [3.05, 3.63) is 0 Å². The molecule has 0 saturated heterocycles. The summed E-state index contributed by atoms with van der Waals surface area (Å²) in [6.07, 6.45) is 0. The topological polar surface area (TPSA) is 12.0 Å². The first-order valence-electron chi connectivity index (χ1n) is 1.06. The van der Waals surface area contributed by atoms with Crippen LogP contribution in [0.1, 0.15) is 0 Å². The Morgan fingerprint density at radius 3 is 2.33 bits per heavy atom. The van der Waals surface area contributed by atoms with E-state index in [4.69, 9.17) is 0 Å². The highest BCUT2D eigenvalue weighted by Crippen LogP contribution is 1.97. The highest BCUT2D eigenvalue weighted by molar-refractivity contribution is 8.68. The van der Waals surface area contributed by atoms with E-state index in [1.54, 1.807) is 0 Å². The largest absolute Gasteiger partial charge is 0.307 e. The number of rotatable bonds is 1. The van der Waals surface area contributed by atoms with Crippen molar-refractivity contribution in [2.24, 2.45) is 0 Å². The van der Waals surface area contributed by atoms with Gasteiger partial charge in [0, 0.05) is 11.0 Å². The van der Waals surface area contributed by atoms with Crippen LogP contribution in [0.4, 0.5) is 0 Å². The van der Waals surface area contributed by atoms with Crippen molar-refractivity contribution in [3.8, 4) is 0 Å². The van der Waals surface area contributed by atoms with Crippen LogP contribution in [0.5, 0.6) is 0 Å². The Labute approximate surface area is 56.6 Å². The minimum Gasteiger partial charge on any atom is -0.307 e. The normalized spacial score (nSPS) is 7.67. The molecule has 5 heteroatoms. The number of thiol groups is 2. The maximum atomic E-state index is 4.48. The highest BCUT2D eigenvalue weighted by Gasteiger charge is 1.76. The summed E-state index contributed by atoms with van der Waals surface area (Å²) in [5.74, 6) is 0. The van der Waals surface area contributed by atoms with Crippen molar-refractivity contribution in [2.75, 3.05) is 0 Å². The van der Waals surface area contributed by atoms with Crippen LogP contribution in [-0.4, -0.2) is 4.32 Å². The molecule has 0 radical (unpaired) electrons. The SMILES string of the molecule is S=C(S)NSS. The van der Waals surface area contributed by atoms with Gasteiger partial charge in [-0.3, -0.25) is 0 Å². The third kappa shape index (κ3) is 4.94. The Kier molecular flexibility index (Phi) is 4.75. The summed E-state index contributed by atoms with van der Waals surface area (Å²) in [6, 6.07) is 0. The zero-order valence-corrected chi connectivity index (χ0v) is 6.13. The molecule has 6 heavy (non-hydrogen) atoms. The van der Waals surface area contributed by atoms with Crippen LogP contribution in [0, 0.1) is 0 Å². The Balaban J connectivity index is 2.83. The summed E-state index contributed by atoms with van der Waals surface area (Å²) in [5.41, 5.74) is 0. The monoisotopic (exact) mass is 157 g/mol. The van der Waals surface area contributed by atoms with Crippen LogP contribution in [0.2, 0.25) is 0 Å². The quantitative estimate of drug-likeness (QED) is 0.230. The van der Waals surface area contributed by atoms with E-state index in [2.05, 4.69) is 41.2 Å². The van der Waals surface area contributed by atoms with E-state index in [1.807, 2.05) is 0 Å². The Morgan fingerprint density at radius 2 is 2.33 bits per heavy atom. The second-order valence-corrected chi connectivity index (χ2v) is 2.59. The van der Waals surface area contributed by atoms with Crippen molar-refractivity contribution < 1.29 is 0 Å². The lowest BCUT2D eigenvalue weighted by molar-refractivity contribution is 1.67. The fraction of sp³-hybridized carbons (Fsp3) is 0. The van der Waals surface area contributed by atoms with Crippen LogP contribution in [0.15, 0.2) is 0 Å². The standard InChI is InChI=1S/CH3NS4/c3-1(4)2-6-5/h5H,(H2,2,3,4). The lowest BCUT2D eigenvalue weighted by Gasteiger charge is -1.89. The maximum Gasteiger partial charge on any atom is 0.141 e. The van der Waals surface area contributed by atoms with E-state index in [-0.39, 0.29) is 0 Å². The number of hydrogen-bond acceptors (Lipinski definition) is 3. The average Bonchev–Trinajstić information content (AvgIpc) is 1.35. The second kappa shape index (κ2) is 4.11. The molecule has 1 N–H and O–H groups in total. The van der Waals surface area contributed by atoms with Crippen LogP contribution >= 0.6 is 47.5 Å². The molecule has 0 fully saturated rings. The highest BCUT2D eigenvalue weighted by atomic mass is 33.1. The molecule has 0 aromatic rings. The fourth-order valence-electron chi connectivity index (χ4n) is 0.0390. The Hall–Kier alpha value is 0.940. The van der Waals surface area contributed by atoms with E-state index in [9.17, 15) is 0 Å². The van der Waals surface area contributed by atoms with Crippen LogP contribution in [0.25, 0.3) is 0 Å². The van der Waals surface area contributed by atoms with Gasteiger partial charge in [-0.2, -0.15) is 0 Å². The first kappa shape index (κ1) is 6.94. The minimum absolute atomic E-state index is 0.454. The molecule has 0 amide bonds. The summed E-state index contributed by atoms with van der Waals surface area (Å²) in [4.78, 5) is 0. The maximum absolute atomic E-state index is 4.48. The molecule has 0 spiro atoms. The molecule has 36 valence electrons. The molecule has 0 aromatic heterocycles. The molecule has 0 heterocycles. The van der Waals surface area contributed by atoms with E-state index >= 15 is 0 Å².